The van der Waals surface area contributed by atoms with Gasteiger partial charge in [0.2, 0.25) is 5.91 Å². The van der Waals surface area contributed by atoms with Crippen LogP contribution in [0.5, 0.6) is 0 Å². The van der Waals surface area contributed by atoms with Gasteiger partial charge < -0.3 is 15.5 Å². The quantitative estimate of drug-likeness (QED) is 0.713. The lowest BCUT2D eigenvalue weighted by Gasteiger charge is -2.58. The van der Waals surface area contributed by atoms with Gasteiger partial charge in [-0.3, -0.25) is 9.59 Å². The highest BCUT2D eigenvalue weighted by Gasteiger charge is 2.62. The van der Waals surface area contributed by atoms with E-state index in [1.165, 1.54) is 0 Å². The van der Waals surface area contributed by atoms with Crippen molar-refractivity contribution in [1.29, 1.82) is 0 Å². The van der Waals surface area contributed by atoms with Crippen molar-refractivity contribution in [2.24, 2.45) is 33.7 Å². The number of piperidine rings is 1. The first kappa shape index (κ1) is 18.6. The molecule has 1 amide bonds. The predicted molar refractivity (Wildman–Crippen MR) is 106 cm³/mol. The van der Waals surface area contributed by atoms with Crippen LogP contribution in [0.2, 0.25) is 0 Å². The van der Waals surface area contributed by atoms with E-state index < -0.39 is 0 Å². The number of carbonyl (C=O) groups excluding carboxylic acids is 2. The first-order valence-corrected chi connectivity index (χ1v) is 11.2. The molecule has 0 aromatic heterocycles. The molecule has 3 aliphatic carbocycles. The van der Waals surface area contributed by atoms with Gasteiger partial charge in [-0.25, -0.2) is 0 Å². The zero-order valence-corrected chi connectivity index (χ0v) is 17.1. The zero-order chi connectivity index (χ0) is 19.5. The van der Waals surface area contributed by atoms with Crippen LogP contribution in [0.4, 0.5) is 0 Å². The molecular formula is C22H33N3O3. The molecule has 2 aliphatic heterocycles. The minimum Gasteiger partial charge on any atom is -0.391 e. The van der Waals surface area contributed by atoms with Crippen LogP contribution in [-0.4, -0.2) is 42.6 Å². The lowest BCUT2D eigenvalue weighted by atomic mass is 9.49. The highest BCUT2D eigenvalue weighted by molar-refractivity contribution is 5.91. The van der Waals surface area contributed by atoms with E-state index in [1.807, 2.05) is 0 Å². The van der Waals surface area contributed by atoms with Crippen molar-refractivity contribution >= 4 is 17.4 Å². The maximum absolute atomic E-state index is 13.2. The van der Waals surface area contributed by atoms with Crippen LogP contribution < -0.4 is 10.6 Å². The summed E-state index contributed by atoms with van der Waals surface area (Å²) >= 11 is 0. The molecule has 28 heavy (non-hydrogen) atoms. The molecule has 0 bridgehead atoms. The Morgan fingerprint density at radius 2 is 1.93 bits per heavy atom. The molecule has 5 aliphatic rings. The summed E-state index contributed by atoms with van der Waals surface area (Å²) in [6, 6.07) is 0.139. The lowest BCUT2D eigenvalue weighted by Crippen LogP contribution is -2.65. The van der Waals surface area contributed by atoms with Crippen LogP contribution in [0.3, 0.4) is 0 Å². The van der Waals surface area contributed by atoms with Crippen molar-refractivity contribution in [1.82, 2.24) is 10.6 Å². The molecule has 2 saturated heterocycles. The van der Waals surface area contributed by atoms with Crippen molar-refractivity contribution in [3.63, 3.8) is 0 Å². The monoisotopic (exact) mass is 387 g/mol. The van der Waals surface area contributed by atoms with Gasteiger partial charge in [0.25, 0.3) is 0 Å². The molecule has 3 saturated carbocycles. The number of nitrogens with zero attached hydrogens (tertiary/aromatic N) is 1. The van der Waals surface area contributed by atoms with E-state index in [4.69, 9.17) is 4.84 Å². The van der Waals surface area contributed by atoms with Gasteiger partial charge in [-0.1, -0.05) is 19.0 Å². The van der Waals surface area contributed by atoms with Crippen LogP contribution in [0.1, 0.15) is 65.2 Å². The number of hydrogen-bond donors (Lipinski definition) is 2. The highest BCUT2D eigenvalue weighted by Crippen LogP contribution is 2.61. The molecule has 5 fully saturated rings. The lowest BCUT2D eigenvalue weighted by molar-refractivity contribution is -0.153. The van der Waals surface area contributed by atoms with E-state index in [-0.39, 0.29) is 40.7 Å². The second-order valence-corrected chi connectivity index (χ2v) is 10.3. The van der Waals surface area contributed by atoms with Gasteiger partial charge in [0, 0.05) is 43.2 Å². The summed E-state index contributed by atoms with van der Waals surface area (Å²) in [5.41, 5.74) is 0.913. The summed E-state index contributed by atoms with van der Waals surface area (Å²) in [6.07, 6.45) is 7.48. The average Bonchev–Trinajstić information content (AvgIpc) is 3.29. The van der Waals surface area contributed by atoms with Crippen LogP contribution in [0.25, 0.3) is 0 Å². The number of rotatable bonds is 2. The molecule has 0 aromatic carbocycles. The van der Waals surface area contributed by atoms with Gasteiger partial charge in [0.15, 0.2) is 0 Å². The third-order valence-corrected chi connectivity index (χ3v) is 8.98. The van der Waals surface area contributed by atoms with Gasteiger partial charge in [-0.15, -0.1) is 0 Å². The molecular weight excluding hydrogens is 354 g/mol. The van der Waals surface area contributed by atoms with Crippen LogP contribution in [0.15, 0.2) is 5.16 Å². The van der Waals surface area contributed by atoms with Crippen LogP contribution in [-0.2, 0) is 14.4 Å². The Balaban J connectivity index is 1.35. The van der Waals surface area contributed by atoms with E-state index in [0.29, 0.717) is 18.1 Å². The van der Waals surface area contributed by atoms with Crippen molar-refractivity contribution in [2.45, 2.75) is 77.4 Å². The Morgan fingerprint density at radius 3 is 2.71 bits per heavy atom. The Bertz CT molecular complexity index is 716. The number of Topliss-reactive ketones (excluding diaryl/α,β-unsaturated/α-hetero) is 1. The fourth-order valence-electron chi connectivity index (χ4n) is 7.06. The Kier molecular flexibility index (Phi) is 4.34. The minimum absolute atomic E-state index is 0.00533. The number of nitrogens with one attached hydrogen (secondary N) is 2. The fourth-order valence-corrected chi connectivity index (χ4v) is 7.06. The first-order valence-electron chi connectivity index (χ1n) is 11.2. The topological polar surface area (TPSA) is 79.8 Å². The number of ketones is 1. The van der Waals surface area contributed by atoms with E-state index in [1.54, 1.807) is 0 Å². The second-order valence-electron chi connectivity index (χ2n) is 10.3. The predicted octanol–water partition coefficient (Wildman–Crippen LogP) is 2.42. The molecule has 7 atom stereocenters. The van der Waals surface area contributed by atoms with Gasteiger partial charge in [-0.2, -0.15) is 0 Å². The number of amides is 1. The molecule has 154 valence electrons. The first-order chi connectivity index (χ1) is 13.4. The van der Waals surface area contributed by atoms with Crippen LogP contribution >= 0.6 is 0 Å². The smallest absolute Gasteiger partial charge is 0.223 e. The maximum atomic E-state index is 13.2. The average molecular weight is 388 g/mol. The molecule has 6 heteroatoms. The molecule has 2 heterocycles. The summed E-state index contributed by atoms with van der Waals surface area (Å²) in [6.45, 7) is 6.35. The number of hydrogen-bond acceptors (Lipinski definition) is 5. The zero-order valence-electron chi connectivity index (χ0n) is 17.1. The summed E-state index contributed by atoms with van der Waals surface area (Å²) in [7, 11) is 0. The number of fused-ring (bicyclic) bond motifs is 5. The van der Waals surface area contributed by atoms with Gasteiger partial charge in [0.1, 0.15) is 11.9 Å². The highest BCUT2D eigenvalue weighted by atomic mass is 16.6. The Hall–Kier alpha value is -1.43. The largest absolute Gasteiger partial charge is 0.391 e. The van der Waals surface area contributed by atoms with Crippen molar-refractivity contribution < 1.29 is 14.4 Å². The Morgan fingerprint density at radius 1 is 1.07 bits per heavy atom. The van der Waals surface area contributed by atoms with E-state index in [0.717, 1.165) is 63.7 Å². The SMILES string of the molecule is C[C@]12CC/C(=N/O[C@@H]3CCNC3)CC1NC(=O)[C@@H]1[C@@H]2CC[C@]2(C)C(=O)CC[C@@H]12. The molecule has 0 aromatic rings. The Labute approximate surface area is 167 Å². The maximum Gasteiger partial charge on any atom is 0.223 e. The number of carbonyl (C=O) groups is 2. The minimum atomic E-state index is -0.272. The van der Waals surface area contributed by atoms with Crippen molar-refractivity contribution in [3.05, 3.63) is 0 Å². The third kappa shape index (κ3) is 2.66. The van der Waals surface area contributed by atoms with Crippen LogP contribution in [0, 0.1) is 28.6 Å². The van der Waals surface area contributed by atoms with E-state index in [2.05, 4.69) is 29.6 Å². The molecule has 0 radical (unpaired) electrons. The second kappa shape index (κ2) is 6.54. The molecule has 6 nitrogen and oxygen atoms in total. The standard InChI is InChI=1S/C22H33N3O3/c1-21-8-5-13(25-28-14-7-10-23-12-14)11-17(21)24-20(27)19-15-3-4-18(26)22(15,2)9-6-16(19)21/h14-17,19,23H,3-12H2,1-2H3,(H,24,27)/b25-13-/t14-,15+,16+,17?,19+,21-,22+/m1/s1. The molecule has 2 N–H and O–H groups in total. The molecule has 0 spiro atoms. The normalized spacial score (nSPS) is 49.4. The molecule has 5 rings (SSSR count). The van der Waals surface area contributed by atoms with Crippen molar-refractivity contribution in [3.8, 4) is 0 Å². The summed E-state index contributed by atoms with van der Waals surface area (Å²) in [5.74, 6) is 1.18. The van der Waals surface area contributed by atoms with E-state index >= 15 is 0 Å². The summed E-state index contributed by atoms with van der Waals surface area (Å²) in [5, 5.41) is 11.1. The van der Waals surface area contributed by atoms with Gasteiger partial charge in [-0.05, 0) is 55.9 Å². The van der Waals surface area contributed by atoms with Gasteiger partial charge in [0.05, 0.1) is 5.71 Å². The summed E-state index contributed by atoms with van der Waals surface area (Å²) in [4.78, 5) is 31.5. The fraction of sp³-hybridized carbons (Fsp3) is 0.864. The number of oxime groups is 1. The molecule has 1 unspecified atom stereocenters. The van der Waals surface area contributed by atoms with E-state index in [9.17, 15) is 9.59 Å². The third-order valence-electron chi connectivity index (χ3n) is 8.98. The van der Waals surface area contributed by atoms with Crippen molar-refractivity contribution in [2.75, 3.05) is 13.1 Å². The van der Waals surface area contributed by atoms with Gasteiger partial charge >= 0.3 is 0 Å². The summed E-state index contributed by atoms with van der Waals surface area (Å²) < 4.78 is 0.